The van der Waals surface area contributed by atoms with Gasteiger partial charge in [-0.15, -0.1) is 0 Å². The number of carbonyl (C=O) groups excluding carboxylic acids is 2. The average Bonchev–Trinajstić information content (AvgIpc) is 3.10. The third-order valence-electron chi connectivity index (χ3n) is 7.53. The van der Waals surface area contributed by atoms with Crippen molar-refractivity contribution >= 4 is 39.1 Å². The van der Waals surface area contributed by atoms with E-state index in [0.717, 1.165) is 9.87 Å². The van der Waals surface area contributed by atoms with E-state index in [1.165, 1.54) is 24.1 Å². The molecule has 0 saturated heterocycles. The number of halogens is 1. The number of sulfonamides is 1. The highest BCUT2D eigenvalue weighted by Crippen LogP contribution is 2.29. The summed E-state index contributed by atoms with van der Waals surface area (Å²) in [6.07, 6.45) is 0.202. The van der Waals surface area contributed by atoms with Crippen molar-refractivity contribution in [3.05, 3.63) is 156 Å². The molecule has 0 fully saturated rings. The maximum atomic E-state index is 14.5. The van der Waals surface area contributed by atoms with Crippen LogP contribution in [0.2, 0.25) is 5.02 Å². The number of benzene rings is 5. The van der Waals surface area contributed by atoms with E-state index >= 15 is 0 Å². The van der Waals surface area contributed by atoms with Gasteiger partial charge in [0.1, 0.15) is 24.1 Å². The van der Waals surface area contributed by atoms with Gasteiger partial charge in [-0.05, 0) is 65.7 Å². The fourth-order valence-corrected chi connectivity index (χ4v) is 6.71. The van der Waals surface area contributed by atoms with E-state index in [0.29, 0.717) is 22.1 Å². The van der Waals surface area contributed by atoms with E-state index in [-0.39, 0.29) is 23.5 Å². The van der Waals surface area contributed by atoms with Gasteiger partial charge < -0.3 is 15.0 Å². The first-order chi connectivity index (χ1) is 22.8. The number of hydrogen-bond acceptors (Lipinski definition) is 5. The predicted molar refractivity (Wildman–Crippen MR) is 184 cm³/mol. The lowest BCUT2D eigenvalue weighted by Gasteiger charge is -2.33. The lowest BCUT2D eigenvalue weighted by Crippen LogP contribution is -2.53. The van der Waals surface area contributed by atoms with Crippen LogP contribution in [-0.2, 0) is 32.6 Å². The Labute approximate surface area is 280 Å². The van der Waals surface area contributed by atoms with Gasteiger partial charge in [-0.3, -0.25) is 13.9 Å². The quantitative estimate of drug-likeness (QED) is 0.151. The lowest BCUT2D eigenvalue weighted by atomic mass is 10.0. The number of anilines is 1. The molecule has 8 nitrogen and oxygen atoms in total. The van der Waals surface area contributed by atoms with E-state index in [4.69, 9.17) is 16.3 Å². The van der Waals surface area contributed by atoms with E-state index in [1.54, 1.807) is 66.7 Å². The van der Waals surface area contributed by atoms with Crippen LogP contribution in [0.4, 0.5) is 5.69 Å². The summed E-state index contributed by atoms with van der Waals surface area (Å²) in [5.41, 5.74) is 1.70. The van der Waals surface area contributed by atoms with Crippen LogP contribution in [0.1, 0.15) is 11.1 Å². The largest absolute Gasteiger partial charge is 0.457 e. The standard InChI is InChI=1S/C37H34ClN3O5S/c1-39-37(43)35(25-28-13-5-2-6-14-28)40(26-29-15-11-12-20-34(29)38)36(42)27-41(47(44,45)33-18-9-4-10-19-33)30-21-23-32(24-22-30)46-31-16-7-3-8-17-31/h2-24,35H,25-27H2,1H3,(H,39,43)/t35-/m0/s1. The predicted octanol–water partition coefficient (Wildman–Crippen LogP) is 6.71. The van der Waals surface area contributed by atoms with E-state index in [9.17, 15) is 18.0 Å². The van der Waals surface area contributed by atoms with Crippen molar-refractivity contribution in [3.63, 3.8) is 0 Å². The number of para-hydroxylation sites is 1. The maximum Gasteiger partial charge on any atom is 0.264 e. The number of amides is 2. The molecule has 0 saturated carbocycles. The van der Waals surface area contributed by atoms with Crippen molar-refractivity contribution in [2.75, 3.05) is 17.9 Å². The topological polar surface area (TPSA) is 96.0 Å². The van der Waals surface area contributed by atoms with Gasteiger partial charge in [0.05, 0.1) is 10.6 Å². The zero-order chi connectivity index (χ0) is 33.2. The van der Waals surface area contributed by atoms with Gasteiger partial charge in [-0.2, -0.15) is 0 Å². The van der Waals surface area contributed by atoms with Gasteiger partial charge in [0.2, 0.25) is 11.8 Å². The van der Waals surface area contributed by atoms with Gasteiger partial charge in [0.15, 0.2) is 0 Å². The van der Waals surface area contributed by atoms with Crippen LogP contribution in [0.25, 0.3) is 0 Å². The van der Waals surface area contributed by atoms with Gasteiger partial charge in [-0.25, -0.2) is 8.42 Å². The Morgan fingerprint density at radius 2 is 1.30 bits per heavy atom. The SMILES string of the molecule is CNC(=O)[C@H](Cc1ccccc1)N(Cc1ccccc1Cl)C(=O)CN(c1ccc(Oc2ccccc2)cc1)S(=O)(=O)c1ccccc1. The molecule has 47 heavy (non-hydrogen) atoms. The number of likely N-dealkylation sites (N-methyl/N-ethyl adjacent to an activating group) is 1. The van der Waals surface area contributed by atoms with Crippen molar-refractivity contribution in [3.8, 4) is 11.5 Å². The number of hydrogen-bond donors (Lipinski definition) is 1. The Balaban J connectivity index is 1.54. The first-order valence-electron chi connectivity index (χ1n) is 15.0. The monoisotopic (exact) mass is 667 g/mol. The molecule has 0 aliphatic rings. The van der Waals surface area contributed by atoms with Crippen molar-refractivity contribution in [2.45, 2.75) is 23.9 Å². The molecule has 2 amide bonds. The third kappa shape index (κ3) is 8.38. The highest BCUT2D eigenvalue weighted by Gasteiger charge is 2.34. The summed E-state index contributed by atoms with van der Waals surface area (Å²) in [4.78, 5) is 29.3. The molecule has 0 unspecified atom stereocenters. The van der Waals surface area contributed by atoms with Crippen LogP contribution in [-0.4, -0.2) is 44.8 Å². The Morgan fingerprint density at radius 3 is 1.91 bits per heavy atom. The van der Waals surface area contributed by atoms with Gasteiger partial charge in [0.25, 0.3) is 10.0 Å². The highest BCUT2D eigenvalue weighted by molar-refractivity contribution is 7.92. The summed E-state index contributed by atoms with van der Waals surface area (Å²) in [5.74, 6) is 0.136. The van der Waals surface area contributed by atoms with Gasteiger partial charge >= 0.3 is 0 Å². The molecular formula is C37H34ClN3O5S. The normalized spacial score (nSPS) is 11.7. The van der Waals surface area contributed by atoms with E-state index in [1.807, 2.05) is 60.7 Å². The van der Waals surface area contributed by atoms with Gasteiger partial charge in [0, 0.05) is 25.0 Å². The minimum atomic E-state index is -4.23. The smallest absolute Gasteiger partial charge is 0.264 e. The van der Waals surface area contributed by atoms with Crippen LogP contribution in [0.5, 0.6) is 11.5 Å². The Hall–Kier alpha value is -5.12. The maximum absolute atomic E-state index is 14.5. The summed E-state index contributed by atoms with van der Waals surface area (Å²) in [7, 11) is -2.72. The van der Waals surface area contributed by atoms with Crippen molar-refractivity contribution < 1.29 is 22.7 Å². The average molecular weight is 668 g/mol. The third-order valence-corrected chi connectivity index (χ3v) is 9.69. The van der Waals surface area contributed by atoms with Crippen molar-refractivity contribution in [1.29, 1.82) is 0 Å². The molecule has 0 aliphatic carbocycles. The number of nitrogens with one attached hydrogen (secondary N) is 1. The molecule has 0 aliphatic heterocycles. The van der Waals surface area contributed by atoms with E-state index in [2.05, 4.69) is 5.32 Å². The van der Waals surface area contributed by atoms with E-state index < -0.39 is 34.4 Å². The second-order valence-electron chi connectivity index (χ2n) is 10.7. The van der Waals surface area contributed by atoms with Crippen LogP contribution < -0.4 is 14.4 Å². The molecular weight excluding hydrogens is 634 g/mol. The molecule has 0 radical (unpaired) electrons. The summed E-state index contributed by atoms with van der Waals surface area (Å²) in [6.45, 7) is -0.602. The fourth-order valence-electron chi connectivity index (χ4n) is 5.08. The molecule has 10 heteroatoms. The van der Waals surface area contributed by atoms with Crippen molar-refractivity contribution in [1.82, 2.24) is 10.2 Å². The summed E-state index contributed by atoms with van der Waals surface area (Å²) in [6, 6.07) is 39.0. The zero-order valence-corrected chi connectivity index (χ0v) is 27.3. The first-order valence-corrected chi connectivity index (χ1v) is 16.8. The second-order valence-corrected chi connectivity index (χ2v) is 12.9. The lowest BCUT2D eigenvalue weighted by molar-refractivity contribution is -0.139. The Bertz CT molecular complexity index is 1890. The summed E-state index contributed by atoms with van der Waals surface area (Å²) in [5, 5.41) is 3.10. The van der Waals surface area contributed by atoms with Gasteiger partial charge in [-0.1, -0.05) is 96.5 Å². The highest BCUT2D eigenvalue weighted by atomic mass is 35.5. The molecule has 1 atom stereocenters. The second kappa shape index (κ2) is 15.4. The summed E-state index contributed by atoms with van der Waals surface area (Å²) >= 11 is 6.52. The number of rotatable bonds is 13. The van der Waals surface area contributed by atoms with Crippen molar-refractivity contribution in [2.24, 2.45) is 0 Å². The molecule has 0 aromatic heterocycles. The molecule has 5 rings (SSSR count). The molecule has 0 bridgehead atoms. The minimum absolute atomic E-state index is 0.0159. The molecule has 1 N–H and O–H groups in total. The molecule has 0 heterocycles. The molecule has 0 spiro atoms. The first kappa shape index (κ1) is 33.2. The fraction of sp³-hybridized carbons (Fsp3) is 0.135. The van der Waals surface area contributed by atoms with Crippen LogP contribution in [0.3, 0.4) is 0 Å². The molecule has 5 aromatic rings. The zero-order valence-electron chi connectivity index (χ0n) is 25.7. The molecule has 5 aromatic carbocycles. The van der Waals surface area contributed by atoms with Crippen LogP contribution in [0, 0.1) is 0 Å². The van der Waals surface area contributed by atoms with Crippen LogP contribution in [0.15, 0.2) is 144 Å². The Kier molecular flexibility index (Phi) is 10.9. The number of nitrogens with zero attached hydrogens (tertiary/aromatic N) is 2. The number of ether oxygens (including phenoxy) is 1. The number of carbonyl (C=O) groups is 2. The Morgan fingerprint density at radius 1 is 0.745 bits per heavy atom. The van der Waals surface area contributed by atoms with Crippen LogP contribution >= 0.6 is 11.6 Å². The summed E-state index contributed by atoms with van der Waals surface area (Å²) < 4.78 is 35.3. The molecule has 240 valence electrons. The minimum Gasteiger partial charge on any atom is -0.457 e.